The fraction of sp³-hybridized carbons (Fsp3) is 0.556. The second-order valence-corrected chi connectivity index (χ2v) is 9.33. The van der Waals surface area contributed by atoms with E-state index < -0.39 is 6.29 Å². The lowest BCUT2D eigenvalue weighted by molar-refractivity contribution is -0.166. The van der Waals surface area contributed by atoms with Gasteiger partial charge in [0.05, 0.1) is 5.52 Å². The molecule has 1 aromatic carbocycles. The molecule has 2 aliphatic rings. The summed E-state index contributed by atoms with van der Waals surface area (Å²) in [6.07, 6.45) is 9.87. The molecule has 0 radical (unpaired) electrons. The van der Waals surface area contributed by atoms with Gasteiger partial charge in [-0.25, -0.2) is 0 Å². The highest BCUT2D eigenvalue weighted by Crippen LogP contribution is 2.42. The van der Waals surface area contributed by atoms with Crippen LogP contribution in [0.3, 0.4) is 0 Å². The summed E-state index contributed by atoms with van der Waals surface area (Å²) in [7, 11) is 0. The van der Waals surface area contributed by atoms with Crippen molar-refractivity contribution in [2.45, 2.75) is 77.0 Å². The highest BCUT2D eigenvalue weighted by Gasteiger charge is 2.39. The number of rotatable bonds is 8. The zero-order valence-corrected chi connectivity index (χ0v) is 20.2. The van der Waals surface area contributed by atoms with Crippen molar-refractivity contribution < 1.29 is 24.2 Å². The number of aromatic nitrogens is 1. The van der Waals surface area contributed by atoms with Crippen LogP contribution in [0.4, 0.5) is 0 Å². The molecule has 1 saturated carbocycles. The van der Waals surface area contributed by atoms with Crippen molar-refractivity contribution in [3.63, 3.8) is 0 Å². The second-order valence-electron chi connectivity index (χ2n) is 9.33. The Hall–Kier alpha value is -2.64. The molecule has 2 N–H and O–H groups in total. The van der Waals surface area contributed by atoms with Gasteiger partial charge in [0.1, 0.15) is 0 Å². The SMILES string of the molecule is CCO[C@H]1OC(C(=O)NC2CCCCC2)=C[C@@H](c2cn(C(C)=O)c3ccccc23)[C@@H]1CCCO. The first kappa shape index (κ1) is 24.5. The molecule has 1 aliphatic heterocycles. The molecule has 1 fully saturated rings. The van der Waals surface area contributed by atoms with E-state index in [2.05, 4.69) is 5.32 Å². The monoisotopic (exact) mass is 468 g/mol. The van der Waals surface area contributed by atoms with Gasteiger partial charge in [-0.05, 0) is 50.3 Å². The number of nitrogens with one attached hydrogen (secondary N) is 1. The Morgan fingerprint density at radius 1 is 1.21 bits per heavy atom. The molecule has 1 aliphatic carbocycles. The van der Waals surface area contributed by atoms with Gasteiger partial charge in [0.15, 0.2) is 5.76 Å². The first-order chi connectivity index (χ1) is 16.5. The summed E-state index contributed by atoms with van der Waals surface area (Å²) in [5, 5.41) is 13.7. The molecule has 3 atom stereocenters. The maximum absolute atomic E-state index is 13.2. The van der Waals surface area contributed by atoms with Crippen LogP contribution >= 0.6 is 0 Å². The maximum atomic E-state index is 13.2. The standard InChI is InChI=1S/C27H36N2O5/c1-3-33-27-21(13-9-15-30)22(16-25(34-27)26(32)28-19-10-5-4-6-11-19)23-17-29(18(2)31)24-14-8-7-12-20(23)24/h7-8,12,14,16-17,19,21-22,27,30H,3-6,9-11,13,15H2,1-2H3,(H,28,32)/t21-,22+,27-/m0/s1. The van der Waals surface area contributed by atoms with E-state index in [-0.39, 0.29) is 42.1 Å². The highest BCUT2D eigenvalue weighted by molar-refractivity contribution is 5.95. The minimum atomic E-state index is -0.613. The van der Waals surface area contributed by atoms with Crippen molar-refractivity contribution in [2.24, 2.45) is 5.92 Å². The molecule has 7 nitrogen and oxygen atoms in total. The molecule has 0 saturated heterocycles. The van der Waals surface area contributed by atoms with Crippen LogP contribution in [0, 0.1) is 5.92 Å². The van der Waals surface area contributed by atoms with Crippen LogP contribution in [0.1, 0.15) is 75.1 Å². The third-order valence-corrected chi connectivity index (χ3v) is 7.02. The van der Waals surface area contributed by atoms with Gasteiger partial charge in [-0.15, -0.1) is 0 Å². The van der Waals surface area contributed by atoms with E-state index in [1.54, 1.807) is 11.5 Å². The Morgan fingerprint density at radius 3 is 2.68 bits per heavy atom. The fourth-order valence-electron chi connectivity index (χ4n) is 5.36. The fourth-order valence-corrected chi connectivity index (χ4v) is 5.36. The Kier molecular flexibility index (Phi) is 8.06. The van der Waals surface area contributed by atoms with Crippen molar-refractivity contribution in [2.75, 3.05) is 13.2 Å². The van der Waals surface area contributed by atoms with Crippen molar-refractivity contribution in [3.8, 4) is 0 Å². The summed E-state index contributed by atoms with van der Waals surface area (Å²) in [5.74, 6) is -0.313. The van der Waals surface area contributed by atoms with Crippen LogP contribution in [0.25, 0.3) is 10.9 Å². The molecule has 0 bridgehead atoms. The van der Waals surface area contributed by atoms with E-state index in [1.807, 2.05) is 43.5 Å². The third-order valence-electron chi connectivity index (χ3n) is 7.02. The zero-order chi connectivity index (χ0) is 24.1. The van der Waals surface area contributed by atoms with Crippen molar-refractivity contribution in [3.05, 3.63) is 47.9 Å². The van der Waals surface area contributed by atoms with Crippen molar-refractivity contribution >= 4 is 22.7 Å². The number of nitrogens with zero attached hydrogens (tertiary/aromatic N) is 1. The molecule has 1 amide bonds. The van der Waals surface area contributed by atoms with Crippen LogP contribution in [-0.2, 0) is 14.3 Å². The molecule has 2 heterocycles. The van der Waals surface area contributed by atoms with Crippen LogP contribution in [0.2, 0.25) is 0 Å². The summed E-state index contributed by atoms with van der Waals surface area (Å²) >= 11 is 0. The number of carbonyl (C=O) groups excluding carboxylic acids is 2. The number of hydrogen-bond donors (Lipinski definition) is 2. The first-order valence-corrected chi connectivity index (χ1v) is 12.6. The summed E-state index contributed by atoms with van der Waals surface area (Å²) < 4.78 is 13.8. The van der Waals surface area contributed by atoms with Gasteiger partial charge in [0.25, 0.3) is 5.91 Å². The predicted molar refractivity (Wildman–Crippen MR) is 130 cm³/mol. The third kappa shape index (κ3) is 5.20. The van der Waals surface area contributed by atoms with Gasteiger partial charge >= 0.3 is 0 Å². The van der Waals surface area contributed by atoms with Gasteiger partial charge in [-0.2, -0.15) is 0 Å². The quantitative estimate of drug-likeness (QED) is 0.595. The number of amides is 1. The minimum Gasteiger partial charge on any atom is -0.459 e. The number of aliphatic hydroxyl groups excluding tert-OH is 1. The van der Waals surface area contributed by atoms with Crippen LogP contribution in [-0.4, -0.2) is 47.0 Å². The molecule has 34 heavy (non-hydrogen) atoms. The summed E-state index contributed by atoms with van der Waals surface area (Å²) in [6, 6.07) is 7.98. The number of fused-ring (bicyclic) bond motifs is 1. The van der Waals surface area contributed by atoms with Crippen LogP contribution in [0.5, 0.6) is 0 Å². The normalized spacial score (nSPS) is 23.4. The van der Waals surface area contributed by atoms with E-state index >= 15 is 0 Å². The Balaban J connectivity index is 1.75. The Bertz CT molecular complexity index is 1040. The number of hydrogen-bond acceptors (Lipinski definition) is 5. The average molecular weight is 469 g/mol. The molecular weight excluding hydrogens is 432 g/mol. The van der Waals surface area contributed by atoms with Gasteiger partial charge in [0, 0.05) is 49.6 Å². The smallest absolute Gasteiger partial charge is 0.286 e. The molecule has 0 spiro atoms. The summed E-state index contributed by atoms with van der Waals surface area (Å²) in [5.41, 5.74) is 1.80. The molecular formula is C27H36N2O5. The summed E-state index contributed by atoms with van der Waals surface area (Å²) in [6.45, 7) is 3.96. The molecule has 4 rings (SSSR count). The second kappa shape index (κ2) is 11.2. The molecule has 1 aromatic heterocycles. The number of aliphatic hydroxyl groups is 1. The van der Waals surface area contributed by atoms with Gasteiger partial charge < -0.3 is 19.9 Å². The van der Waals surface area contributed by atoms with Gasteiger partial charge in [-0.1, -0.05) is 37.5 Å². The number of ether oxygens (including phenoxy) is 2. The van der Waals surface area contributed by atoms with E-state index in [0.717, 1.165) is 42.1 Å². The zero-order valence-electron chi connectivity index (χ0n) is 20.2. The average Bonchev–Trinajstić information content (AvgIpc) is 3.23. The van der Waals surface area contributed by atoms with E-state index in [4.69, 9.17) is 9.47 Å². The highest BCUT2D eigenvalue weighted by atomic mass is 16.7. The number of para-hydroxylation sites is 1. The number of benzene rings is 1. The van der Waals surface area contributed by atoms with E-state index in [9.17, 15) is 14.7 Å². The number of allylic oxidation sites excluding steroid dienone is 1. The predicted octanol–water partition coefficient (Wildman–Crippen LogP) is 4.50. The van der Waals surface area contributed by atoms with Crippen molar-refractivity contribution in [1.29, 1.82) is 0 Å². The molecule has 7 heteroatoms. The Morgan fingerprint density at radius 2 is 1.97 bits per heavy atom. The van der Waals surface area contributed by atoms with Crippen LogP contribution in [0.15, 0.2) is 42.3 Å². The molecule has 184 valence electrons. The van der Waals surface area contributed by atoms with Gasteiger partial charge in [-0.3, -0.25) is 14.2 Å². The van der Waals surface area contributed by atoms with E-state index in [0.29, 0.717) is 19.4 Å². The molecule has 2 aromatic rings. The minimum absolute atomic E-state index is 0.0655. The molecule has 0 unspecified atom stereocenters. The van der Waals surface area contributed by atoms with Gasteiger partial charge in [0.2, 0.25) is 12.2 Å². The lowest BCUT2D eigenvalue weighted by Gasteiger charge is -2.37. The lowest BCUT2D eigenvalue weighted by atomic mass is 9.80. The first-order valence-electron chi connectivity index (χ1n) is 12.6. The number of carbonyl (C=O) groups is 2. The van der Waals surface area contributed by atoms with E-state index in [1.165, 1.54) is 6.42 Å². The van der Waals surface area contributed by atoms with Crippen LogP contribution < -0.4 is 5.32 Å². The topological polar surface area (TPSA) is 89.8 Å². The van der Waals surface area contributed by atoms with Crippen molar-refractivity contribution in [1.82, 2.24) is 9.88 Å². The maximum Gasteiger partial charge on any atom is 0.286 e. The summed E-state index contributed by atoms with van der Waals surface area (Å²) in [4.78, 5) is 25.6. The lowest BCUT2D eigenvalue weighted by Crippen LogP contribution is -2.42. The largest absolute Gasteiger partial charge is 0.459 e. The Labute approximate surface area is 201 Å².